The fraction of sp³-hybridized carbons (Fsp3) is 0.714. The number of aliphatic hydroxyl groups excluding tert-OH is 1. The Bertz CT molecular complexity index is 428. The summed E-state index contributed by atoms with van der Waals surface area (Å²) in [6, 6.07) is 1.99. The van der Waals surface area contributed by atoms with Gasteiger partial charge >= 0.3 is 0 Å². The van der Waals surface area contributed by atoms with Gasteiger partial charge in [0.2, 0.25) is 0 Å². The van der Waals surface area contributed by atoms with Crippen molar-refractivity contribution in [2.75, 3.05) is 38.3 Å². The molecular weight excluding hydrogens is 258 g/mol. The van der Waals surface area contributed by atoms with Crippen molar-refractivity contribution in [2.45, 2.75) is 32.5 Å². The minimum atomic E-state index is 0.0705. The number of piperidine rings is 1. The Morgan fingerprint density at radius 3 is 3.05 bits per heavy atom. The molecule has 1 aliphatic rings. The predicted octanol–water partition coefficient (Wildman–Crippen LogP) is 0.909. The van der Waals surface area contributed by atoms with Crippen LogP contribution in [0.3, 0.4) is 0 Å². The van der Waals surface area contributed by atoms with Gasteiger partial charge in [0.05, 0.1) is 19.3 Å². The molecule has 0 amide bonds. The molecule has 0 saturated carbocycles. The molecule has 0 aromatic carbocycles. The van der Waals surface area contributed by atoms with Gasteiger partial charge in [-0.25, -0.2) is 9.97 Å². The number of hydrogen-bond donors (Lipinski definition) is 1. The van der Waals surface area contributed by atoms with Gasteiger partial charge < -0.3 is 19.5 Å². The van der Waals surface area contributed by atoms with Gasteiger partial charge in [0, 0.05) is 32.0 Å². The summed E-state index contributed by atoms with van der Waals surface area (Å²) in [4.78, 5) is 11.1. The van der Waals surface area contributed by atoms with Crippen molar-refractivity contribution < 1.29 is 14.6 Å². The maximum absolute atomic E-state index is 8.84. The van der Waals surface area contributed by atoms with Crippen LogP contribution in [0.4, 0.5) is 5.82 Å². The fourth-order valence-corrected chi connectivity index (χ4v) is 2.47. The number of rotatable bonds is 6. The maximum Gasteiger partial charge on any atom is 0.156 e. The second-order valence-electron chi connectivity index (χ2n) is 5.02. The van der Waals surface area contributed by atoms with Crippen LogP contribution in [-0.2, 0) is 16.1 Å². The van der Waals surface area contributed by atoms with E-state index in [2.05, 4.69) is 14.9 Å². The Morgan fingerprint density at radius 2 is 2.30 bits per heavy atom. The number of methoxy groups -OCH3 is 1. The lowest BCUT2D eigenvalue weighted by Gasteiger charge is -2.33. The molecule has 0 bridgehead atoms. The summed E-state index contributed by atoms with van der Waals surface area (Å²) in [7, 11) is 1.64. The van der Waals surface area contributed by atoms with Crippen LogP contribution >= 0.6 is 0 Å². The van der Waals surface area contributed by atoms with Gasteiger partial charge in [-0.15, -0.1) is 0 Å². The molecule has 6 heteroatoms. The molecule has 1 fully saturated rings. The molecule has 20 heavy (non-hydrogen) atoms. The highest BCUT2D eigenvalue weighted by Crippen LogP contribution is 2.20. The smallest absolute Gasteiger partial charge is 0.156 e. The predicted molar refractivity (Wildman–Crippen MR) is 75.8 cm³/mol. The SMILES string of the molecule is COCc1nc(C)cc(N2CCC[C@@H](OCCO)C2)n1. The highest BCUT2D eigenvalue weighted by Gasteiger charge is 2.22. The van der Waals surface area contributed by atoms with E-state index in [0.29, 0.717) is 19.0 Å². The number of aliphatic hydroxyl groups is 1. The average molecular weight is 281 g/mol. The maximum atomic E-state index is 8.84. The second kappa shape index (κ2) is 7.52. The number of aryl methyl sites for hydroxylation is 1. The Hall–Kier alpha value is -1.24. The summed E-state index contributed by atoms with van der Waals surface area (Å²) in [5, 5.41) is 8.84. The number of aromatic nitrogens is 2. The molecule has 6 nitrogen and oxygen atoms in total. The first-order valence-electron chi connectivity index (χ1n) is 7.04. The molecule has 1 aromatic rings. The zero-order chi connectivity index (χ0) is 14.4. The van der Waals surface area contributed by atoms with E-state index in [-0.39, 0.29) is 12.7 Å². The summed E-state index contributed by atoms with van der Waals surface area (Å²) in [5.74, 6) is 1.64. The van der Waals surface area contributed by atoms with E-state index in [9.17, 15) is 0 Å². The van der Waals surface area contributed by atoms with Crippen molar-refractivity contribution in [3.63, 3.8) is 0 Å². The lowest BCUT2D eigenvalue weighted by atomic mass is 10.1. The topological polar surface area (TPSA) is 67.7 Å². The Morgan fingerprint density at radius 1 is 1.45 bits per heavy atom. The first-order chi connectivity index (χ1) is 9.72. The van der Waals surface area contributed by atoms with Crippen LogP contribution in [0.25, 0.3) is 0 Å². The first-order valence-corrected chi connectivity index (χ1v) is 7.04. The second-order valence-corrected chi connectivity index (χ2v) is 5.02. The van der Waals surface area contributed by atoms with E-state index in [0.717, 1.165) is 37.4 Å². The molecule has 0 radical (unpaired) electrons. The Kier molecular flexibility index (Phi) is 5.70. The molecule has 1 saturated heterocycles. The van der Waals surface area contributed by atoms with Crippen LogP contribution in [-0.4, -0.2) is 54.6 Å². The lowest BCUT2D eigenvalue weighted by molar-refractivity contribution is 0.0213. The van der Waals surface area contributed by atoms with Crippen molar-refractivity contribution >= 4 is 5.82 Å². The van der Waals surface area contributed by atoms with Crippen molar-refractivity contribution in [2.24, 2.45) is 0 Å². The fourth-order valence-electron chi connectivity index (χ4n) is 2.47. The molecule has 2 rings (SSSR count). The summed E-state index contributed by atoms with van der Waals surface area (Å²) in [6.45, 7) is 4.64. The molecule has 2 heterocycles. The molecule has 112 valence electrons. The van der Waals surface area contributed by atoms with Crippen LogP contribution < -0.4 is 4.90 Å². The summed E-state index contributed by atoms with van der Waals surface area (Å²) in [5.41, 5.74) is 0.945. The van der Waals surface area contributed by atoms with E-state index < -0.39 is 0 Å². The van der Waals surface area contributed by atoms with Crippen LogP contribution in [0.5, 0.6) is 0 Å². The average Bonchev–Trinajstić information content (AvgIpc) is 2.45. The van der Waals surface area contributed by atoms with Crippen LogP contribution in [0.15, 0.2) is 6.07 Å². The highest BCUT2D eigenvalue weighted by atomic mass is 16.5. The van der Waals surface area contributed by atoms with Gasteiger partial charge in [-0.05, 0) is 19.8 Å². The van der Waals surface area contributed by atoms with E-state index in [1.807, 2.05) is 13.0 Å². The third-order valence-corrected chi connectivity index (χ3v) is 3.31. The zero-order valence-electron chi connectivity index (χ0n) is 12.2. The van der Waals surface area contributed by atoms with Crippen molar-refractivity contribution in [1.29, 1.82) is 0 Å². The van der Waals surface area contributed by atoms with Crippen LogP contribution in [0.1, 0.15) is 24.4 Å². The molecule has 1 aliphatic heterocycles. The van der Waals surface area contributed by atoms with Gasteiger partial charge in [0.25, 0.3) is 0 Å². The zero-order valence-corrected chi connectivity index (χ0v) is 12.2. The van der Waals surface area contributed by atoms with Gasteiger partial charge in [-0.1, -0.05) is 0 Å². The first kappa shape index (κ1) is 15.2. The molecule has 0 unspecified atom stereocenters. The van der Waals surface area contributed by atoms with Crippen LogP contribution in [0, 0.1) is 6.92 Å². The highest BCUT2D eigenvalue weighted by molar-refractivity contribution is 5.40. The quantitative estimate of drug-likeness (QED) is 0.836. The third-order valence-electron chi connectivity index (χ3n) is 3.31. The summed E-state index contributed by atoms with van der Waals surface area (Å²) >= 11 is 0. The van der Waals surface area contributed by atoms with Gasteiger partial charge in [0.1, 0.15) is 12.4 Å². The van der Waals surface area contributed by atoms with E-state index in [1.165, 1.54) is 0 Å². The van der Waals surface area contributed by atoms with E-state index in [1.54, 1.807) is 7.11 Å². The number of hydrogen-bond acceptors (Lipinski definition) is 6. The largest absolute Gasteiger partial charge is 0.394 e. The van der Waals surface area contributed by atoms with Crippen molar-refractivity contribution in [3.05, 3.63) is 17.6 Å². The van der Waals surface area contributed by atoms with Crippen molar-refractivity contribution in [3.8, 4) is 0 Å². The number of nitrogens with zero attached hydrogens (tertiary/aromatic N) is 3. The molecule has 0 spiro atoms. The Balaban J connectivity index is 2.05. The monoisotopic (exact) mass is 281 g/mol. The standard InChI is InChI=1S/C14H23N3O3/c1-11-8-14(16-13(15-11)10-19-2)17-5-3-4-12(9-17)20-7-6-18/h8,12,18H,3-7,9-10H2,1-2H3/t12-/m1/s1. The van der Waals surface area contributed by atoms with E-state index >= 15 is 0 Å². The van der Waals surface area contributed by atoms with Gasteiger partial charge in [-0.3, -0.25) is 0 Å². The normalized spacial score (nSPS) is 19.4. The Labute approximate surface area is 119 Å². The minimum absolute atomic E-state index is 0.0705. The lowest BCUT2D eigenvalue weighted by Crippen LogP contribution is -2.40. The van der Waals surface area contributed by atoms with E-state index in [4.69, 9.17) is 14.6 Å². The molecule has 0 aliphatic carbocycles. The summed E-state index contributed by atoms with van der Waals surface area (Å²) in [6.07, 6.45) is 2.27. The number of anilines is 1. The molecule has 1 N–H and O–H groups in total. The molecule has 1 aromatic heterocycles. The molecular formula is C14H23N3O3. The van der Waals surface area contributed by atoms with Gasteiger partial charge in [-0.2, -0.15) is 0 Å². The minimum Gasteiger partial charge on any atom is -0.394 e. The third kappa shape index (κ3) is 4.13. The molecule has 1 atom stereocenters. The van der Waals surface area contributed by atoms with Gasteiger partial charge in [0.15, 0.2) is 5.82 Å². The van der Waals surface area contributed by atoms with Crippen molar-refractivity contribution in [1.82, 2.24) is 9.97 Å². The van der Waals surface area contributed by atoms with Crippen LogP contribution in [0.2, 0.25) is 0 Å². The number of ether oxygens (including phenoxy) is 2. The summed E-state index contributed by atoms with van der Waals surface area (Å²) < 4.78 is 10.7.